The molecule has 3 nitrogen and oxygen atoms in total. The molecule has 1 amide bonds. The molecule has 1 fully saturated rings. The molecule has 1 aliphatic rings. The van der Waals surface area contributed by atoms with Crippen molar-refractivity contribution in [1.29, 1.82) is 0 Å². The van der Waals surface area contributed by atoms with Crippen molar-refractivity contribution in [2.75, 3.05) is 26.2 Å². The first-order valence-electron chi connectivity index (χ1n) is 7.18. The molecule has 1 aromatic carbocycles. The fourth-order valence-corrected chi connectivity index (χ4v) is 2.84. The average Bonchev–Trinajstić information content (AvgIpc) is 2.42. The van der Waals surface area contributed by atoms with Gasteiger partial charge in [0.25, 0.3) is 0 Å². The predicted octanol–water partition coefficient (Wildman–Crippen LogP) is 2.61. The summed E-state index contributed by atoms with van der Waals surface area (Å²) in [5.74, 6) is 0.197. The topological polar surface area (TPSA) is 23.6 Å². The van der Waals surface area contributed by atoms with Crippen molar-refractivity contribution in [2.45, 2.75) is 33.2 Å². The molecule has 1 heterocycles. The summed E-state index contributed by atoms with van der Waals surface area (Å²) in [5.41, 5.74) is 2.70. The molecule has 1 saturated heterocycles. The second-order valence-corrected chi connectivity index (χ2v) is 5.38. The fourth-order valence-electron chi connectivity index (χ4n) is 2.84. The Hall–Kier alpha value is -1.35. The number of benzene rings is 1. The third kappa shape index (κ3) is 3.35. The molecule has 0 aliphatic carbocycles. The van der Waals surface area contributed by atoms with Crippen LogP contribution in [0.4, 0.5) is 0 Å². The minimum absolute atomic E-state index is 0.197. The molecule has 0 saturated carbocycles. The number of piperazine rings is 1. The fraction of sp³-hybridized carbons (Fsp3) is 0.562. The van der Waals surface area contributed by atoms with E-state index < -0.39 is 0 Å². The largest absolute Gasteiger partial charge is 0.340 e. The summed E-state index contributed by atoms with van der Waals surface area (Å²) in [6.45, 7) is 9.69. The van der Waals surface area contributed by atoms with Crippen LogP contribution in [-0.4, -0.2) is 41.9 Å². The summed E-state index contributed by atoms with van der Waals surface area (Å²) in [6.07, 6.45) is 1.11. The second-order valence-electron chi connectivity index (χ2n) is 5.38. The lowest BCUT2D eigenvalue weighted by atomic mass is 10.0. The Labute approximate surface area is 116 Å². The van der Waals surface area contributed by atoms with Crippen LogP contribution in [0.15, 0.2) is 24.3 Å². The Morgan fingerprint density at radius 3 is 2.21 bits per heavy atom. The molecule has 1 atom stereocenters. The Balaban J connectivity index is 2.03. The zero-order valence-electron chi connectivity index (χ0n) is 12.2. The van der Waals surface area contributed by atoms with Gasteiger partial charge in [0, 0.05) is 39.1 Å². The first-order chi connectivity index (χ1) is 9.11. The van der Waals surface area contributed by atoms with E-state index >= 15 is 0 Å². The third-order valence-corrected chi connectivity index (χ3v) is 4.05. The average molecular weight is 260 g/mol. The number of rotatable bonds is 3. The molecule has 1 aliphatic heterocycles. The SMILES string of the molecule is CCC(c1ccc(C)cc1)N1CCN(C(C)=O)CC1. The molecular weight excluding hydrogens is 236 g/mol. The van der Waals surface area contributed by atoms with E-state index in [1.165, 1.54) is 11.1 Å². The van der Waals surface area contributed by atoms with Crippen LogP contribution < -0.4 is 0 Å². The zero-order chi connectivity index (χ0) is 13.8. The van der Waals surface area contributed by atoms with Crippen LogP contribution in [0.2, 0.25) is 0 Å². The molecule has 0 aromatic heterocycles. The van der Waals surface area contributed by atoms with Gasteiger partial charge in [0.15, 0.2) is 0 Å². The van der Waals surface area contributed by atoms with Crippen LogP contribution in [0.3, 0.4) is 0 Å². The Morgan fingerprint density at radius 1 is 1.16 bits per heavy atom. The van der Waals surface area contributed by atoms with Gasteiger partial charge >= 0.3 is 0 Å². The summed E-state index contributed by atoms with van der Waals surface area (Å²) >= 11 is 0. The van der Waals surface area contributed by atoms with E-state index in [2.05, 4.69) is 43.0 Å². The number of amides is 1. The number of hydrogen-bond acceptors (Lipinski definition) is 2. The highest BCUT2D eigenvalue weighted by Crippen LogP contribution is 2.25. The van der Waals surface area contributed by atoms with Crippen LogP contribution >= 0.6 is 0 Å². The summed E-state index contributed by atoms with van der Waals surface area (Å²) in [6, 6.07) is 9.32. The second kappa shape index (κ2) is 6.20. The Bertz CT molecular complexity index is 419. The predicted molar refractivity (Wildman–Crippen MR) is 78.0 cm³/mol. The van der Waals surface area contributed by atoms with Gasteiger partial charge < -0.3 is 4.90 Å². The molecule has 104 valence electrons. The van der Waals surface area contributed by atoms with Gasteiger partial charge in [-0.15, -0.1) is 0 Å². The maximum atomic E-state index is 11.4. The molecule has 19 heavy (non-hydrogen) atoms. The van der Waals surface area contributed by atoms with Crippen LogP contribution in [0.1, 0.15) is 37.4 Å². The van der Waals surface area contributed by atoms with Crippen molar-refractivity contribution >= 4 is 5.91 Å². The van der Waals surface area contributed by atoms with Crippen molar-refractivity contribution in [2.24, 2.45) is 0 Å². The van der Waals surface area contributed by atoms with E-state index in [1.54, 1.807) is 6.92 Å². The summed E-state index contributed by atoms with van der Waals surface area (Å²) < 4.78 is 0. The van der Waals surface area contributed by atoms with Crippen LogP contribution in [0.5, 0.6) is 0 Å². The third-order valence-electron chi connectivity index (χ3n) is 4.05. The van der Waals surface area contributed by atoms with Gasteiger partial charge in [-0.25, -0.2) is 0 Å². The van der Waals surface area contributed by atoms with E-state index in [0.717, 1.165) is 32.6 Å². The van der Waals surface area contributed by atoms with Crippen LogP contribution in [-0.2, 0) is 4.79 Å². The Kier molecular flexibility index (Phi) is 4.59. The van der Waals surface area contributed by atoms with E-state index in [-0.39, 0.29) is 5.91 Å². The van der Waals surface area contributed by atoms with Crippen molar-refractivity contribution < 1.29 is 4.79 Å². The molecule has 0 spiro atoms. The number of carbonyl (C=O) groups is 1. The van der Waals surface area contributed by atoms with Gasteiger partial charge in [-0.05, 0) is 18.9 Å². The zero-order valence-corrected chi connectivity index (χ0v) is 12.2. The molecule has 1 aromatic rings. The van der Waals surface area contributed by atoms with E-state index in [1.807, 2.05) is 4.90 Å². The molecule has 3 heteroatoms. The van der Waals surface area contributed by atoms with Gasteiger partial charge in [-0.1, -0.05) is 36.8 Å². The molecule has 0 N–H and O–H groups in total. The quantitative estimate of drug-likeness (QED) is 0.834. The number of aryl methyl sites for hydroxylation is 1. The summed E-state index contributed by atoms with van der Waals surface area (Å²) in [4.78, 5) is 15.8. The van der Waals surface area contributed by atoms with Crippen molar-refractivity contribution in [3.8, 4) is 0 Å². The molecule has 1 unspecified atom stereocenters. The van der Waals surface area contributed by atoms with Crippen LogP contribution in [0.25, 0.3) is 0 Å². The van der Waals surface area contributed by atoms with Crippen molar-refractivity contribution in [3.63, 3.8) is 0 Å². The van der Waals surface area contributed by atoms with Gasteiger partial charge in [-0.2, -0.15) is 0 Å². The van der Waals surface area contributed by atoms with E-state index in [0.29, 0.717) is 6.04 Å². The first-order valence-corrected chi connectivity index (χ1v) is 7.18. The standard InChI is InChI=1S/C16H24N2O/c1-4-16(15-7-5-13(2)6-8-15)18-11-9-17(10-12-18)14(3)19/h5-8,16H,4,9-12H2,1-3H3. The lowest BCUT2D eigenvalue weighted by Crippen LogP contribution is -2.49. The normalized spacial score (nSPS) is 18.4. The smallest absolute Gasteiger partial charge is 0.219 e. The van der Waals surface area contributed by atoms with Crippen molar-refractivity contribution in [1.82, 2.24) is 9.80 Å². The lowest BCUT2D eigenvalue weighted by molar-refractivity contribution is -0.130. The molecule has 2 rings (SSSR count). The van der Waals surface area contributed by atoms with Gasteiger partial charge in [0.2, 0.25) is 5.91 Å². The van der Waals surface area contributed by atoms with Crippen molar-refractivity contribution in [3.05, 3.63) is 35.4 Å². The number of carbonyl (C=O) groups excluding carboxylic acids is 1. The Morgan fingerprint density at radius 2 is 1.74 bits per heavy atom. The van der Waals surface area contributed by atoms with Crippen LogP contribution in [0, 0.1) is 6.92 Å². The highest BCUT2D eigenvalue weighted by Gasteiger charge is 2.24. The lowest BCUT2D eigenvalue weighted by Gasteiger charge is -2.39. The highest BCUT2D eigenvalue weighted by atomic mass is 16.2. The highest BCUT2D eigenvalue weighted by molar-refractivity contribution is 5.73. The summed E-state index contributed by atoms with van der Waals surface area (Å²) in [7, 11) is 0. The van der Waals surface area contributed by atoms with Gasteiger partial charge in [0.1, 0.15) is 0 Å². The minimum Gasteiger partial charge on any atom is -0.340 e. The molecule has 0 radical (unpaired) electrons. The van der Waals surface area contributed by atoms with Gasteiger partial charge in [-0.3, -0.25) is 9.69 Å². The minimum atomic E-state index is 0.197. The number of nitrogens with zero attached hydrogens (tertiary/aromatic N) is 2. The van der Waals surface area contributed by atoms with E-state index in [4.69, 9.17) is 0 Å². The maximum Gasteiger partial charge on any atom is 0.219 e. The molecular formula is C16H24N2O. The first kappa shape index (κ1) is 14.1. The number of hydrogen-bond donors (Lipinski definition) is 0. The van der Waals surface area contributed by atoms with Gasteiger partial charge in [0.05, 0.1) is 0 Å². The molecule has 0 bridgehead atoms. The summed E-state index contributed by atoms with van der Waals surface area (Å²) in [5, 5.41) is 0. The maximum absolute atomic E-state index is 11.4. The monoisotopic (exact) mass is 260 g/mol. The van der Waals surface area contributed by atoms with E-state index in [9.17, 15) is 4.79 Å².